The lowest BCUT2D eigenvalue weighted by Gasteiger charge is -2.24. The summed E-state index contributed by atoms with van der Waals surface area (Å²) in [5, 5.41) is 9.06. The number of halogens is 1. The van der Waals surface area contributed by atoms with Gasteiger partial charge >= 0.3 is 0 Å². The molecule has 1 N–H and O–H groups in total. The molecule has 0 saturated carbocycles. The molecule has 16 heavy (non-hydrogen) atoms. The number of hydrogen-bond donors (Lipinski definition) is 1. The molecular formula is C10H19BrN2O2S. The van der Waals surface area contributed by atoms with Gasteiger partial charge in [0.05, 0.1) is 6.61 Å². The van der Waals surface area contributed by atoms with E-state index in [1.165, 1.54) is 0 Å². The Morgan fingerprint density at radius 3 is 2.75 bits per heavy atom. The minimum atomic E-state index is -0.498. The van der Waals surface area contributed by atoms with Gasteiger partial charge in [0.25, 0.3) is 0 Å². The van der Waals surface area contributed by atoms with Crippen LogP contribution in [0.5, 0.6) is 0 Å². The maximum atomic E-state index is 9.06. The van der Waals surface area contributed by atoms with Crippen LogP contribution in [0.25, 0.3) is 0 Å². The summed E-state index contributed by atoms with van der Waals surface area (Å²) >= 11 is 3.27. The summed E-state index contributed by atoms with van der Waals surface area (Å²) in [7, 11) is -0.498. The minimum absolute atomic E-state index is 0.0700. The number of hydrogen-bond acceptors (Lipinski definition) is 3. The molecule has 0 fully saturated rings. The van der Waals surface area contributed by atoms with E-state index in [-0.39, 0.29) is 6.61 Å². The second-order valence-corrected chi connectivity index (χ2v) is 9.84. The summed E-state index contributed by atoms with van der Waals surface area (Å²) in [6.07, 6.45) is 8.62. The van der Waals surface area contributed by atoms with Crippen LogP contribution < -0.4 is 0 Å². The molecule has 1 heterocycles. The van der Waals surface area contributed by atoms with Crippen LogP contribution in [0.4, 0.5) is 0 Å². The van der Waals surface area contributed by atoms with Crippen molar-refractivity contribution in [3.05, 3.63) is 16.6 Å². The Hall–Kier alpha value is -0.0400. The molecule has 0 aliphatic carbocycles. The normalized spacial score (nSPS) is 13.1. The van der Waals surface area contributed by atoms with Crippen molar-refractivity contribution in [3.8, 4) is 0 Å². The van der Waals surface area contributed by atoms with Crippen LogP contribution >= 0.6 is 26.0 Å². The van der Waals surface area contributed by atoms with Gasteiger partial charge in [-0.15, -0.1) is 0 Å². The van der Waals surface area contributed by atoms with Gasteiger partial charge < -0.3 is 14.4 Å². The van der Waals surface area contributed by atoms with Gasteiger partial charge in [0.1, 0.15) is 23.8 Å². The quantitative estimate of drug-likeness (QED) is 0.815. The Morgan fingerprint density at radius 2 is 2.19 bits per heavy atom. The van der Waals surface area contributed by atoms with E-state index in [1.807, 2.05) is 10.8 Å². The topological polar surface area (TPSA) is 47.3 Å². The van der Waals surface area contributed by atoms with E-state index in [1.54, 1.807) is 0 Å². The SMILES string of the molecule is CS(C)(C)CCOCn1cc(Br)nc1CO. The number of aliphatic hydroxyl groups excluding tert-OH is 1. The molecule has 0 atom stereocenters. The van der Waals surface area contributed by atoms with Crippen molar-refractivity contribution in [1.82, 2.24) is 9.55 Å². The van der Waals surface area contributed by atoms with Gasteiger partial charge in [0.15, 0.2) is 0 Å². The Kier molecular flexibility index (Phi) is 5.30. The number of imidazole rings is 1. The Bertz CT molecular complexity index is 336. The molecule has 0 saturated heterocycles. The van der Waals surface area contributed by atoms with E-state index < -0.39 is 10.0 Å². The molecule has 0 amide bonds. The summed E-state index contributed by atoms with van der Waals surface area (Å²) in [5.41, 5.74) is 0. The molecule has 0 radical (unpaired) electrons. The highest BCUT2D eigenvalue weighted by atomic mass is 79.9. The maximum absolute atomic E-state index is 9.06. The number of rotatable bonds is 6. The smallest absolute Gasteiger partial charge is 0.137 e. The number of ether oxygens (including phenoxy) is 1. The lowest BCUT2D eigenvalue weighted by molar-refractivity contribution is 0.0840. The zero-order valence-electron chi connectivity index (χ0n) is 9.94. The molecule has 0 aromatic carbocycles. The van der Waals surface area contributed by atoms with E-state index in [0.29, 0.717) is 12.6 Å². The highest BCUT2D eigenvalue weighted by molar-refractivity contribution is 9.10. The van der Waals surface area contributed by atoms with Crippen LogP contribution in [-0.4, -0.2) is 45.8 Å². The fraction of sp³-hybridized carbons (Fsp3) is 0.700. The monoisotopic (exact) mass is 310 g/mol. The first-order valence-corrected chi connectivity index (χ1v) is 8.80. The Morgan fingerprint density at radius 1 is 1.50 bits per heavy atom. The minimum Gasteiger partial charge on any atom is -0.388 e. The first-order valence-electron chi connectivity index (χ1n) is 4.98. The third-order valence-electron chi connectivity index (χ3n) is 2.04. The van der Waals surface area contributed by atoms with Gasteiger partial charge in [-0.2, -0.15) is 0 Å². The Labute approximate surface area is 106 Å². The van der Waals surface area contributed by atoms with Crippen molar-refractivity contribution in [3.63, 3.8) is 0 Å². The molecule has 1 aromatic heterocycles. The fourth-order valence-electron chi connectivity index (χ4n) is 1.13. The highest BCUT2D eigenvalue weighted by Crippen LogP contribution is 2.33. The zero-order valence-corrected chi connectivity index (χ0v) is 12.3. The molecule has 0 spiro atoms. The van der Waals surface area contributed by atoms with Gasteiger partial charge in [-0.05, 0) is 34.7 Å². The van der Waals surface area contributed by atoms with Gasteiger partial charge in [-0.1, -0.05) is 0 Å². The van der Waals surface area contributed by atoms with Crippen LogP contribution in [0.1, 0.15) is 5.82 Å². The van der Waals surface area contributed by atoms with Crippen molar-refractivity contribution >= 4 is 26.0 Å². The average Bonchev–Trinajstić information content (AvgIpc) is 2.52. The van der Waals surface area contributed by atoms with Crippen LogP contribution in [0.15, 0.2) is 10.8 Å². The first kappa shape index (κ1) is 14.0. The van der Waals surface area contributed by atoms with Crippen molar-refractivity contribution in [2.45, 2.75) is 13.3 Å². The standard InChI is InChI=1S/C10H19BrN2O2S/c1-16(2,3)5-4-15-8-13-6-9(11)12-10(13)7-14/h6,14H,4-5,7-8H2,1-3H3. The summed E-state index contributed by atoms with van der Waals surface area (Å²) in [5.74, 6) is 1.71. The predicted octanol–water partition coefficient (Wildman–Crippen LogP) is 1.81. The molecule has 0 aliphatic heterocycles. The van der Waals surface area contributed by atoms with Gasteiger partial charge in [0, 0.05) is 11.9 Å². The van der Waals surface area contributed by atoms with Crippen molar-refractivity contribution in [2.75, 3.05) is 31.1 Å². The third kappa shape index (κ3) is 4.86. The summed E-state index contributed by atoms with van der Waals surface area (Å²) < 4.78 is 8.09. The van der Waals surface area contributed by atoms with Crippen LogP contribution in [0, 0.1) is 0 Å². The van der Waals surface area contributed by atoms with Crippen molar-refractivity contribution in [2.24, 2.45) is 0 Å². The largest absolute Gasteiger partial charge is 0.388 e. The zero-order chi connectivity index (χ0) is 12.2. The highest BCUT2D eigenvalue weighted by Gasteiger charge is 2.06. The van der Waals surface area contributed by atoms with E-state index >= 15 is 0 Å². The number of aromatic nitrogens is 2. The molecule has 4 nitrogen and oxygen atoms in total. The molecule has 94 valence electrons. The lowest BCUT2D eigenvalue weighted by Crippen LogP contribution is -2.11. The number of aliphatic hydroxyl groups is 1. The summed E-state index contributed by atoms with van der Waals surface area (Å²) in [6.45, 7) is 1.13. The van der Waals surface area contributed by atoms with E-state index in [4.69, 9.17) is 9.84 Å². The average molecular weight is 311 g/mol. The molecule has 0 aliphatic rings. The molecular weight excluding hydrogens is 292 g/mol. The Balaban J connectivity index is 2.37. The third-order valence-corrected chi connectivity index (χ3v) is 3.82. The second kappa shape index (κ2) is 6.05. The van der Waals surface area contributed by atoms with E-state index in [2.05, 4.69) is 39.7 Å². The summed E-state index contributed by atoms with van der Waals surface area (Å²) in [6, 6.07) is 0. The van der Waals surface area contributed by atoms with Gasteiger partial charge in [-0.3, -0.25) is 0 Å². The van der Waals surface area contributed by atoms with Crippen LogP contribution in [0.3, 0.4) is 0 Å². The predicted molar refractivity (Wildman–Crippen MR) is 72.0 cm³/mol. The lowest BCUT2D eigenvalue weighted by atomic mass is 10.6. The molecule has 6 heteroatoms. The van der Waals surface area contributed by atoms with Crippen LogP contribution in [-0.2, 0) is 18.1 Å². The first-order chi connectivity index (χ1) is 7.42. The van der Waals surface area contributed by atoms with E-state index in [9.17, 15) is 0 Å². The molecule has 1 rings (SSSR count). The molecule has 0 unspecified atom stereocenters. The fourth-order valence-corrected chi connectivity index (χ4v) is 2.20. The van der Waals surface area contributed by atoms with E-state index in [0.717, 1.165) is 17.0 Å². The summed E-state index contributed by atoms with van der Waals surface area (Å²) in [4.78, 5) is 4.11. The second-order valence-electron chi connectivity index (χ2n) is 4.44. The van der Waals surface area contributed by atoms with Crippen molar-refractivity contribution < 1.29 is 9.84 Å². The molecule has 1 aromatic rings. The van der Waals surface area contributed by atoms with Gasteiger partial charge in [0.2, 0.25) is 0 Å². The van der Waals surface area contributed by atoms with Crippen LogP contribution in [0.2, 0.25) is 0 Å². The van der Waals surface area contributed by atoms with Gasteiger partial charge in [-0.25, -0.2) is 15.0 Å². The number of nitrogens with zero attached hydrogens (tertiary/aromatic N) is 2. The molecule has 0 bridgehead atoms. The van der Waals surface area contributed by atoms with Crippen molar-refractivity contribution in [1.29, 1.82) is 0 Å². The maximum Gasteiger partial charge on any atom is 0.137 e.